The van der Waals surface area contributed by atoms with Crippen molar-refractivity contribution in [1.29, 1.82) is 0 Å². The molecule has 0 saturated carbocycles. The number of anilines is 3. The molecule has 85 heavy (non-hydrogen) atoms. The summed E-state index contributed by atoms with van der Waals surface area (Å²) in [6.07, 6.45) is 11.9. The molecule has 5 N–H and O–H groups in total. The van der Waals surface area contributed by atoms with Crippen LogP contribution in [-0.4, -0.2) is 116 Å². The molecule has 27 nitrogen and oxygen atoms in total. The second kappa shape index (κ2) is 28.8. The van der Waals surface area contributed by atoms with Gasteiger partial charge < -0.3 is 29.8 Å². The Hall–Kier alpha value is -9.35. The number of carboxylic acids is 1. The molecule has 8 aromatic heterocycles. The summed E-state index contributed by atoms with van der Waals surface area (Å²) < 4.78 is 52.3. The van der Waals surface area contributed by atoms with Crippen molar-refractivity contribution < 1.29 is 56.8 Å². The van der Waals surface area contributed by atoms with E-state index in [1.807, 2.05) is 0 Å². The average molecular weight is 1240 g/mol. The molecule has 8 rings (SSSR count). The van der Waals surface area contributed by atoms with Crippen LogP contribution < -0.4 is 16.4 Å². The van der Waals surface area contributed by atoms with Gasteiger partial charge in [0.25, 0.3) is 0 Å². The van der Waals surface area contributed by atoms with E-state index in [-0.39, 0.29) is 58.2 Å². The van der Waals surface area contributed by atoms with Gasteiger partial charge in [-0.15, -0.1) is 12.4 Å². The first-order valence-corrected chi connectivity index (χ1v) is 25.7. The van der Waals surface area contributed by atoms with Crippen molar-refractivity contribution >= 4 is 82.8 Å². The zero-order valence-electron chi connectivity index (χ0n) is 47.5. The van der Waals surface area contributed by atoms with Crippen LogP contribution in [0.5, 0.6) is 0 Å². The van der Waals surface area contributed by atoms with Gasteiger partial charge in [0.15, 0.2) is 23.2 Å². The predicted molar refractivity (Wildman–Crippen MR) is 306 cm³/mol. The predicted octanol–water partition coefficient (Wildman–Crippen LogP) is 9.10. The molecule has 0 saturated heterocycles. The summed E-state index contributed by atoms with van der Waals surface area (Å²) in [4.78, 5) is 92.1. The van der Waals surface area contributed by atoms with E-state index < -0.39 is 65.1 Å². The lowest BCUT2D eigenvalue weighted by molar-refractivity contribution is -0.148. The fraction of sp³-hybridized carbons (Fsp3) is 0.321. The molecule has 450 valence electrons. The maximum Gasteiger partial charge on any atom is 0.412 e. The topological polar surface area (TPSA) is 349 Å². The van der Waals surface area contributed by atoms with E-state index in [4.69, 9.17) is 47.9 Å². The minimum Gasteiger partial charge on any atom is -0.477 e. The number of hydrogen-bond donors (Lipinski definition) is 4. The van der Waals surface area contributed by atoms with Gasteiger partial charge in [0.2, 0.25) is 0 Å². The van der Waals surface area contributed by atoms with Gasteiger partial charge in [-0.3, -0.25) is 34.3 Å². The maximum absolute atomic E-state index is 13.5. The van der Waals surface area contributed by atoms with Gasteiger partial charge in [-0.2, -0.15) is 15.3 Å². The molecule has 32 heteroatoms. The number of carbonyl (C=O) groups excluding carboxylic acids is 4. The standard InChI is InChI=1S/C22H24ClFN6O4.C17H16ClFN6O2.C14H17N5O4.ClH/c1-12(15-6-13(24)8-25-19(15)23)33-18(31)7-17-16(11-28-30(17)5)20-26-9-14(10-27-20)29-21(32)34-22(2,3)4;1-9(12-3-10(19)5-21-16(12)18)27-15(26)4-14-13(8-24-25(14)2)17-22-6-11(20)7-23-17;1-14(2,3)23-13(22)18-8-5-15-11(16-6-8)9-7-17-19(4)10(9)12(20)21;/h6,8-12H,7H2,1-5H3,(H,29,32);3,5-9H,4,20H2,1-2H3;5-7H,1-4H3,(H,18,22)(H,20,21);1H/t12-;9-;;/m11../s1. The van der Waals surface area contributed by atoms with Crippen molar-refractivity contribution in [3.8, 4) is 34.2 Å². The van der Waals surface area contributed by atoms with Crippen molar-refractivity contribution in [2.75, 3.05) is 16.4 Å². The fourth-order valence-corrected chi connectivity index (χ4v) is 7.80. The molecule has 0 aliphatic carbocycles. The molecule has 0 radical (unpaired) electrons. The number of hydrogen-bond acceptors (Lipinski definition) is 21. The van der Waals surface area contributed by atoms with Crippen molar-refractivity contribution in [3.63, 3.8) is 0 Å². The second-order valence-corrected chi connectivity index (χ2v) is 20.7. The highest BCUT2D eigenvalue weighted by Gasteiger charge is 2.25. The third-order valence-corrected chi connectivity index (χ3v) is 11.7. The molecule has 0 unspecified atom stereocenters. The van der Waals surface area contributed by atoms with Gasteiger partial charge in [-0.05, 0) is 67.5 Å². The Morgan fingerprint density at radius 3 is 1.27 bits per heavy atom. The minimum absolute atomic E-state index is 0. The number of esters is 2. The van der Waals surface area contributed by atoms with E-state index in [0.717, 1.165) is 12.4 Å². The van der Waals surface area contributed by atoms with E-state index >= 15 is 0 Å². The Morgan fingerprint density at radius 1 is 0.565 bits per heavy atom. The van der Waals surface area contributed by atoms with Crippen molar-refractivity contribution in [1.82, 2.24) is 69.2 Å². The number of pyridine rings is 2. The van der Waals surface area contributed by atoms with Crippen molar-refractivity contribution in [2.24, 2.45) is 21.1 Å². The molecule has 0 aromatic carbocycles. The number of amides is 2. The van der Waals surface area contributed by atoms with Crippen LogP contribution in [0.3, 0.4) is 0 Å². The number of carbonyl (C=O) groups is 5. The molecule has 0 bridgehead atoms. The lowest BCUT2D eigenvalue weighted by Crippen LogP contribution is -2.27. The minimum atomic E-state index is -1.13. The molecule has 2 amide bonds. The number of halogens is 5. The van der Waals surface area contributed by atoms with Gasteiger partial charge in [-0.25, -0.2) is 63.0 Å². The van der Waals surface area contributed by atoms with Gasteiger partial charge in [0, 0.05) is 32.3 Å². The molecular weight excluding hydrogens is 1180 g/mol. The third-order valence-electron chi connectivity index (χ3n) is 11.0. The van der Waals surface area contributed by atoms with Crippen LogP contribution >= 0.6 is 35.6 Å². The molecule has 0 spiro atoms. The van der Waals surface area contributed by atoms with E-state index in [2.05, 4.69) is 65.8 Å². The van der Waals surface area contributed by atoms with Crippen LogP contribution in [0.1, 0.15) is 101 Å². The maximum atomic E-state index is 13.5. The molecule has 8 heterocycles. The van der Waals surface area contributed by atoms with Crippen LogP contribution in [-0.2, 0) is 62.5 Å². The van der Waals surface area contributed by atoms with E-state index in [0.29, 0.717) is 56.8 Å². The summed E-state index contributed by atoms with van der Waals surface area (Å²) in [6, 6.07) is 2.36. The first-order valence-electron chi connectivity index (χ1n) is 25.0. The van der Waals surface area contributed by atoms with Gasteiger partial charge in [0.1, 0.15) is 45.4 Å². The summed E-state index contributed by atoms with van der Waals surface area (Å²) in [5.41, 5.74) is 8.47. The summed E-state index contributed by atoms with van der Waals surface area (Å²) in [6.45, 7) is 13.7. The Bertz CT molecular complexity index is 3650. The summed E-state index contributed by atoms with van der Waals surface area (Å²) in [5.74, 6) is -2.50. The Kier molecular flexibility index (Phi) is 22.5. The fourth-order valence-electron chi connectivity index (χ4n) is 7.28. The first-order chi connectivity index (χ1) is 39.4. The molecule has 0 aliphatic rings. The largest absolute Gasteiger partial charge is 0.477 e. The van der Waals surface area contributed by atoms with Crippen LogP contribution in [0.4, 0.5) is 35.4 Å². The normalized spacial score (nSPS) is 11.7. The summed E-state index contributed by atoms with van der Waals surface area (Å²) >= 11 is 11.9. The molecule has 2 atom stereocenters. The Labute approximate surface area is 500 Å². The highest BCUT2D eigenvalue weighted by Crippen LogP contribution is 2.29. The second-order valence-electron chi connectivity index (χ2n) is 20.0. The van der Waals surface area contributed by atoms with Gasteiger partial charge >= 0.3 is 30.1 Å². The van der Waals surface area contributed by atoms with E-state index in [1.54, 1.807) is 75.7 Å². The van der Waals surface area contributed by atoms with Crippen molar-refractivity contribution in [3.05, 3.63) is 130 Å². The molecule has 0 fully saturated rings. The number of nitrogen functional groups attached to an aromatic ring is 1. The number of nitrogens with zero attached hydrogens (tertiary/aromatic N) is 14. The van der Waals surface area contributed by atoms with Gasteiger partial charge in [0.05, 0.1) is 126 Å². The monoisotopic (exact) mass is 1240 g/mol. The van der Waals surface area contributed by atoms with Crippen LogP contribution in [0, 0.1) is 11.6 Å². The number of ether oxygens (including phenoxy) is 4. The highest BCUT2D eigenvalue weighted by atomic mass is 35.5. The zero-order chi connectivity index (χ0) is 61.8. The Balaban J connectivity index is 0.000000236. The van der Waals surface area contributed by atoms with E-state index in [1.165, 1.54) is 82.8 Å². The SMILES string of the molecule is C[C@@H](OC(=O)Cc1c(-c2ncc(N)cn2)cnn1C)c1cc(F)cnc1Cl.C[C@@H](OC(=O)Cc1c(-c2ncc(NC(=O)OC(C)(C)C)cn2)cnn1C)c1cc(F)cnc1Cl.Cl.Cn1ncc(-c2ncc(NC(=O)OC(C)(C)C)cn2)c1C(=O)O. The molecular formula is C53H58Cl3F2N17O10. The summed E-state index contributed by atoms with van der Waals surface area (Å²) in [5, 5.41) is 26.6. The number of carboxylic acid groups (broad SMARTS) is 1. The van der Waals surface area contributed by atoms with Crippen LogP contribution in [0.15, 0.2) is 80.3 Å². The molecule has 0 aliphatic heterocycles. The number of aryl methyl sites for hydroxylation is 3. The van der Waals surface area contributed by atoms with E-state index in [9.17, 15) is 37.9 Å². The lowest BCUT2D eigenvalue weighted by Gasteiger charge is -2.19. The number of nitrogens with one attached hydrogen (secondary N) is 2. The quantitative estimate of drug-likeness (QED) is 0.0448. The third kappa shape index (κ3) is 19.1. The zero-order valence-corrected chi connectivity index (χ0v) is 49.8. The van der Waals surface area contributed by atoms with Crippen LogP contribution in [0.2, 0.25) is 10.3 Å². The number of aromatic nitrogens is 14. The molecule has 8 aromatic rings. The summed E-state index contributed by atoms with van der Waals surface area (Å²) in [7, 11) is 4.88. The van der Waals surface area contributed by atoms with Gasteiger partial charge in [-0.1, -0.05) is 23.2 Å². The smallest absolute Gasteiger partial charge is 0.412 e. The number of nitrogens with two attached hydrogens (primary N) is 1. The van der Waals surface area contributed by atoms with Crippen molar-refractivity contribution in [2.45, 2.75) is 91.6 Å². The number of rotatable bonds is 14. The Morgan fingerprint density at radius 2 is 0.906 bits per heavy atom. The highest BCUT2D eigenvalue weighted by molar-refractivity contribution is 6.30. The van der Waals surface area contributed by atoms with Crippen LogP contribution in [0.25, 0.3) is 34.2 Å². The lowest BCUT2D eigenvalue weighted by atomic mass is 10.1. The number of aromatic carboxylic acids is 1. The first kappa shape index (κ1) is 66.5. The average Bonchev–Trinajstić information content (AvgIpc) is 4.35.